The number of nitrogens with one attached hydrogen (secondary N) is 2. The van der Waals surface area contributed by atoms with Gasteiger partial charge in [-0.05, 0) is 44.9 Å². The van der Waals surface area contributed by atoms with E-state index in [0.29, 0.717) is 11.3 Å². The van der Waals surface area contributed by atoms with Gasteiger partial charge in [-0.2, -0.15) is 0 Å². The largest absolute Gasteiger partial charge is 0.436 e. The van der Waals surface area contributed by atoms with Gasteiger partial charge in [0.05, 0.1) is 17.5 Å². The summed E-state index contributed by atoms with van der Waals surface area (Å²) in [6.07, 6.45) is -0.168. The molecule has 0 radical (unpaired) electrons. The van der Waals surface area contributed by atoms with Gasteiger partial charge in [0.15, 0.2) is 11.6 Å². The van der Waals surface area contributed by atoms with E-state index in [0.717, 1.165) is 0 Å². The van der Waals surface area contributed by atoms with Crippen LogP contribution in [0.1, 0.15) is 30.7 Å². The smallest absolute Gasteiger partial charge is 0.277 e. The maximum Gasteiger partial charge on any atom is 0.277 e. The Morgan fingerprint density at radius 3 is 2.56 bits per heavy atom. The number of rotatable bonds is 8. The van der Waals surface area contributed by atoms with Crippen molar-refractivity contribution < 1.29 is 26.3 Å². The van der Waals surface area contributed by atoms with Gasteiger partial charge in [-0.1, -0.05) is 18.2 Å². The molecule has 0 unspecified atom stereocenters. The fraction of sp³-hybridized carbons (Fsp3) is 0.476. The predicted molar refractivity (Wildman–Crippen MR) is 129 cm³/mol. The van der Waals surface area contributed by atoms with Gasteiger partial charge in [-0.25, -0.2) is 31.3 Å². The molecule has 34 heavy (non-hydrogen) atoms. The van der Waals surface area contributed by atoms with Gasteiger partial charge < -0.3 is 15.8 Å². The standard InChI is InChI=1S/C21H27F3N4O3S.2ClH/c1-12(2)32(29,30)28-19-16(26-11-21(19,23)24)9-14-5-4-6-17(18(14)22)31-20-13(3)7-8-15(10-25)27-20;;/h4-8,12,16,19,26,28H,9-11,25H2,1-3H3;2*1H/t16-,19+;;/m0../s1. The van der Waals surface area contributed by atoms with Crippen molar-refractivity contribution >= 4 is 34.8 Å². The molecule has 1 aromatic heterocycles. The molecule has 192 valence electrons. The van der Waals surface area contributed by atoms with E-state index in [1.165, 1.54) is 32.0 Å². The van der Waals surface area contributed by atoms with Crippen LogP contribution in [0.4, 0.5) is 13.2 Å². The van der Waals surface area contributed by atoms with Crippen molar-refractivity contribution in [1.29, 1.82) is 0 Å². The molecular weight excluding hydrogens is 516 g/mol. The highest BCUT2D eigenvalue weighted by atomic mass is 35.5. The summed E-state index contributed by atoms with van der Waals surface area (Å²) < 4.78 is 76.1. The lowest BCUT2D eigenvalue weighted by Gasteiger charge is -2.26. The van der Waals surface area contributed by atoms with Gasteiger partial charge in [0, 0.05) is 18.2 Å². The number of pyridine rings is 1. The van der Waals surface area contributed by atoms with Crippen LogP contribution in [-0.2, 0) is 23.0 Å². The summed E-state index contributed by atoms with van der Waals surface area (Å²) in [7, 11) is -3.96. The second-order valence-electron chi connectivity index (χ2n) is 8.10. The lowest BCUT2D eigenvalue weighted by atomic mass is 9.99. The Bertz CT molecular complexity index is 1090. The number of nitrogens with two attached hydrogens (primary N) is 1. The number of hydrogen-bond acceptors (Lipinski definition) is 6. The van der Waals surface area contributed by atoms with Gasteiger partial charge in [-0.3, -0.25) is 0 Å². The number of aryl methyl sites for hydroxylation is 1. The van der Waals surface area contributed by atoms with Crippen LogP contribution < -0.4 is 20.5 Å². The molecule has 1 aliphatic heterocycles. The molecule has 2 aromatic rings. The van der Waals surface area contributed by atoms with Crippen LogP contribution in [0.15, 0.2) is 30.3 Å². The van der Waals surface area contributed by atoms with E-state index in [1.807, 2.05) is 0 Å². The lowest BCUT2D eigenvalue weighted by Crippen LogP contribution is -2.53. The first-order valence-electron chi connectivity index (χ1n) is 10.2. The number of nitrogens with zero attached hydrogens (tertiary/aromatic N) is 1. The van der Waals surface area contributed by atoms with Crippen molar-refractivity contribution in [3.8, 4) is 11.6 Å². The minimum absolute atomic E-state index is 0. The van der Waals surface area contributed by atoms with Crippen molar-refractivity contribution in [2.24, 2.45) is 5.73 Å². The van der Waals surface area contributed by atoms with Crippen LogP contribution in [0.5, 0.6) is 11.6 Å². The molecule has 0 bridgehead atoms. The highest BCUT2D eigenvalue weighted by Crippen LogP contribution is 2.32. The maximum atomic E-state index is 15.2. The van der Waals surface area contributed by atoms with Crippen molar-refractivity contribution in [1.82, 2.24) is 15.0 Å². The third-order valence-corrected chi connectivity index (χ3v) is 7.20. The third kappa shape index (κ3) is 6.73. The van der Waals surface area contributed by atoms with Crippen LogP contribution in [0.25, 0.3) is 0 Å². The number of halogens is 5. The van der Waals surface area contributed by atoms with E-state index in [4.69, 9.17) is 10.5 Å². The molecule has 4 N–H and O–H groups in total. The van der Waals surface area contributed by atoms with E-state index in [9.17, 15) is 17.2 Å². The molecule has 0 saturated carbocycles. The monoisotopic (exact) mass is 544 g/mol. The fourth-order valence-electron chi connectivity index (χ4n) is 3.36. The number of benzene rings is 1. The van der Waals surface area contributed by atoms with E-state index >= 15 is 4.39 Å². The first-order chi connectivity index (χ1) is 14.9. The van der Waals surface area contributed by atoms with Crippen LogP contribution in [0.2, 0.25) is 0 Å². The Hall–Kier alpha value is -1.63. The quantitative estimate of drug-likeness (QED) is 0.469. The molecule has 1 aliphatic rings. The topological polar surface area (TPSA) is 106 Å². The zero-order valence-corrected chi connectivity index (χ0v) is 21.3. The predicted octanol–water partition coefficient (Wildman–Crippen LogP) is 3.47. The highest BCUT2D eigenvalue weighted by molar-refractivity contribution is 7.90. The zero-order chi connectivity index (χ0) is 23.7. The molecule has 0 spiro atoms. The lowest BCUT2D eigenvalue weighted by molar-refractivity contribution is -0.000943. The Kier molecular flexibility index (Phi) is 10.6. The van der Waals surface area contributed by atoms with E-state index in [-0.39, 0.29) is 55.0 Å². The first kappa shape index (κ1) is 30.4. The van der Waals surface area contributed by atoms with E-state index in [1.54, 1.807) is 19.1 Å². The van der Waals surface area contributed by atoms with Gasteiger partial charge in [0.1, 0.15) is 6.04 Å². The summed E-state index contributed by atoms with van der Waals surface area (Å²) in [5, 5.41) is 1.74. The van der Waals surface area contributed by atoms with Crippen LogP contribution in [0, 0.1) is 12.7 Å². The van der Waals surface area contributed by atoms with Crippen molar-refractivity contribution in [3.63, 3.8) is 0 Å². The summed E-state index contributed by atoms with van der Waals surface area (Å²) in [4.78, 5) is 4.25. The molecule has 7 nitrogen and oxygen atoms in total. The van der Waals surface area contributed by atoms with Crippen LogP contribution in [0.3, 0.4) is 0 Å². The Labute approximate surface area is 209 Å². The van der Waals surface area contributed by atoms with Gasteiger partial charge in [-0.15, -0.1) is 24.8 Å². The molecule has 0 aliphatic carbocycles. The van der Waals surface area contributed by atoms with Crippen LogP contribution in [-0.4, -0.2) is 43.2 Å². The molecule has 2 heterocycles. The molecule has 13 heteroatoms. The number of hydrogen-bond donors (Lipinski definition) is 3. The zero-order valence-electron chi connectivity index (χ0n) is 18.8. The van der Waals surface area contributed by atoms with Gasteiger partial charge in [0.25, 0.3) is 5.92 Å². The maximum absolute atomic E-state index is 15.2. The summed E-state index contributed by atoms with van der Waals surface area (Å²) in [5.41, 5.74) is 6.95. The van der Waals surface area contributed by atoms with Crippen molar-refractivity contribution in [3.05, 3.63) is 53.0 Å². The minimum Gasteiger partial charge on any atom is -0.436 e. The summed E-state index contributed by atoms with van der Waals surface area (Å²) in [6.45, 7) is 4.02. The van der Waals surface area contributed by atoms with E-state index < -0.39 is 45.6 Å². The number of aromatic nitrogens is 1. The minimum atomic E-state index is -3.96. The first-order valence-corrected chi connectivity index (χ1v) is 11.7. The van der Waals surface area contributed by atoms with Gasteiger partial charge in [0.2, 0.25) is 15.9 Å². The van der Waals surface area contributed by atoms with E-state index in [2.05, 4.69) is 15.0 Å². The summed E-state index contributed by atoms with van der Waals surface area (Å²) in [6, 6.07) is 5.17. The fourth-order valence-corrected chi connectivity index (χ4v) is 4.32. The Morgan fingerprint density at radius 1 is 1.26 bits per heavy atom. The average Bonchev–Trinajstić information content (AvgIpc) is 3.00. The Balaban J connectivity index is 0.00000289. The highest BCUT2D eigenvalue weighted by Gasteiger charge is 2.51. The molecular formula is C21H29Cl2F3N4O3S. The SMILES string of the molecule is Cc1ccc(CN)nc1Oc1cccc(C[C@@H]2NCC(F)(F)[C@@H]2NS(=O)(=O)C(C)C)c1F.Cl.Cl. The Morgan fingerprint density at radius 2 is 1.94 bits per heavy atom. The molecule has 0 amide bonds. The van der Waals surface area contributed by atoms with Crippen molar-refractivity contribution in [2.45, 2.75) is 57.0 Å². The number of alkyl halides is 2. The average molecular weight is 545 g/mol. The second kappa shape index (κ2) is 11.9. The molecule has 1 aromatic carbocycles. The third-order valence-electron chi connectivity index (χ3n) is 5.38. The summed E-state index contributed by atoms with van der Waals surface area (Å²) in [5.74, 6) is -3.97. The normalized spacial score (nSPS) is 19.4. The number of ether oxygens (including phenoxy) is 1. The van der Waals surface area contributed by atoms with Crippen molar-refractivity contribution in [2.75, 3.05) is 6.54 Å². The number of sulfonamides is 1. The van der Waals surface area contributed by atoms with Crippen LogP contribution >= 0.6 is 24.8 Å². The molecule has 1 saturated heterocycles. The summed E-state index contributed by atoms with van der Waals surface area (Å²) >= 11 is 0. The second-order valence-corrected chi connectivity index (χ2v) is 10.4. The molecule has 3 rings (SSSR count). The van der Waals surface area contributed by atoms with Gasteiger partial charge >= 0.3 is 0 Å². The molecule has 2 atom stereocenters. The molecule has 1 fully saturated rings.